The number of amides is 1. The highest BCUT2D eigenvalue weighted by molar-refractivity contribution is 7.51. The van der Waals surface area contributed by atoms with Crippen molar-refractivity contribution in [3.8, 4) is 0 Å². The zero-order chi connectivity index (χ0) is 26.1. The van der Waals surface area contributed by atoms with E-state index in [9.17, 15) is 19.3 Å². The molecule has 0 radical (unpaired) electrons. The Morgan fingerprint density at radius 2 is 2.22 bits per heavy atom. The van der Waals surface area contributed by atoms with Gasteiger partial charge in [0.2, 0.25) is 12.3 Å². The van der Waals surface area contributed by atoms with Crippen LogP contribution in [-0.4, -0.2) is 65.5 Å². The molecule has 0 saturated carbocycles. The minimum atomic E-state index is -3.89. The number of aliphatic hydroxyl groups excluding tert-OH is 1. The molecule has 0 spiro atoms. The Morgan fingerprint density at radius 1 is 1.44 bits per heavy atom. The van der Waals surface area contributed by atoms with E-state index in [4.69, 9.17) is 30.1 Å². The number of carbonyl (C=O) groups excluding carboxylic acids is 2. The highest BCUT2D eigenvalue weighted by atomic mass is 35.5. The molecule has 1 aromatic carbocycles. The van der Waals surface area contributed by atoms with E-state index in [1.165, 1.54) is 6.20 Å². The van der Waals surface area contributed by atoms with E-state index in [0.29, 0.717) is 24.4 Å². The highest BCUT2D eigenvalue weighted by Gasteiger charge is 2.60. The lowest BCUT2D eigenvalue weighted by Gasteiger charge is -2.38. The molecule has 1 aromatic rings. The third-order valence-corrected chi connectivity index (χ3v) is 7.91. The van der Waals surface area contributed by atoms with Gasteiger partial charge in [-0.3, -0.25) is 18.6 Å². The summed E-state index contributed by atoms with van der Waals surface area (Å²) in [4.78, 5) is 24.3. The second kappa shape index (κ2) is 10.7. The molecule has 4 rings (SSSR count). The number of ether oxygens (including phenoxy) is 2. The second-order valence-corrected chi connectivity index (χ2v) is 11.1. The van der Waals surface area contributed by atoms with Crippen molar-refractivity contribution in [1.82, 2.24) is 15.3 Å². The van der Waals surface area contributed by atoms with E-state index in [1.54, 1.807) is 24.3 Å². The quantitative estimate of drug-likeness (QED) is 0.360. The number of aliphatic hydroxyl groups is 1. The number of hydrogen-bond donors (Lipinski definition) is 3. The number of carbonyl (C=O) groups is 2. The summed E-state index contributed by atoms with van der Waals surface area (Å²) < 4.78 is 51.9. The van der Waals surface area contributed by atoms with Gasteiger partial charge in [0.1, 0.15) is 6.10 Å². The van der Waals surface area contributed by atoms with Crippen molar-refractivity contribution in [3.63, 3.8) is 0 Å². The van der Waals surface area contributed by atoms with E-state index in [-0.39, 0.29) is 0 Å². The predicted molar refractivity (Wildman–Crippen MR) is 125 cm³/mol. The van der Waals surface area contributed by atoms with Crippen LogP contribution in [0.4, 0.5) is 4.39 Å². The van der Waals surface area contributed by atoms with Crippen molar-refractivity contribution < 1.29 is 42.2 Å². The minimum absolute atomic E-state index is 0.348. The fourth-order valence-corrected chi connectivity index (χ4v) is 6.13. The van der Waals surface area contributed by atoms with E-state index < -0.39 is 62.8 Å². The number of hydrogen-bond acceptors (Lipinski definition) is 9. The summed E-state index contributed by atoms with van der Waals surface area (Å²) in [7, 11) is -3.89. The first-order valence-corrected chi connectivity index (χ1v) is 13.3. The Morgan fingerprint density at radius 3 is 2.92 bits per heavy atom. The molecule has 2 fully saturated rings. The summed E-state index contributed by atoms with van der Waals surface area (Å²) in [5.74, 6) is -1.34. The molecule has 0 aliphatic carbocycles. The van der Waals surface area contributed by atoms with E-state index >= 15 is 4.39 Å². The fourth-order valence-electron chi connectivity index (χ4n) is 4.37. The summed E-state index contributed by atoms with van der Waals surface area (Å²) in [5, 5.41) is 15.7. The van der Waals surface area contributed by atoms with Crippen LogP contribution in [0.5, 0.6) is 0 Å². The first kappa shape index (κ1) is 27.0. The second-order valence-electron chi connectivity index (χ2n) is 8.85. The Balaban J connectivity index is 1.51. The van der Waals surface area contributed by atoms with Gasteiger partial charge >= 0.3 is 13.7 Å². The average molecular weight is 548 g/mol. The van der Waals surface area contributed by atoms with Gasteiger partial charge < -0.3 is 24.8 Å². The fraction of sp³-hybridized carbons (Fsp3) is 0.545. The number of nitrogens with zero attached hydrogens (tertiary/aromatic N) is 1. The Hall–Kier alpha value is -2.05. The van der Waals surface area contributed by atoms with E-state index in [2.05, 4.69) is 10.4 Å². The van der Waals surface area contributed by atoms with Crippen LogP contribution in [0.25, 0.3) is 0 Å². The molecule has 3 aliphatic rings. The molecule has 198 valence electrons. The third-order valence-electron chi connectivity index (χ3n) is 6.04. The summed E-state index contributed by atoms with van der Waals surface area (Å²) in [5.41, 5.74) is -1.61. The molecule has 1 amide bonds. The number of esters is 1. The van der Waals surface area contributed by atoms with Gasteiger partial charge in [0.25, 0.3) is 0 Å². The van der Waals surface area contributed by atoms with Crippen LogP contribution < -0.4 is 10.4 Å². The Kier molecular flexibility index (Phi) is 8.06. The number of alkyl halides is 1. The van der Waals surface area contributed by atoms with Crippen LogP contribution in [0, 0.1) is 0 Å². The molecular formula is C22H28ClFN3O8P. The topological polar surface area (TPSA) is 136 Å². The Labute approximate surface area is 212 Å². The minimum Gasteiger partial charge on any atom is -0.456 e. The number of halogens is 2. The van der Waals surface area contributed by atoms with Gasteiger partial charge in [0, 0.05) is 30.8 Å². The SMILES string of the molecule is CC(=O)O[C@@H]1[C@@H](COP2(=O)NCCCC(c3cccc(Cl)c3)O2)O[C@@H](N2C=CC(=O)NC2O)[C@]1(C)F. The standard InChI is InChI=1S/C22H28ClFN3O8P/c1-13(28)33-19-17(34-20(22(19,2)24)27-10-8-18(29)26-21(27)30)12-32-36(31)25-9-4-7-16(35-36)14-5-3-6-15(23)11-14/h3,5-6,8,10-11,16-17,19-21,30H,4,7,9,12H2,1-2H3,(H,25,31)(H,26,29)/t16?,17-,19-,20-,21?,22-,36?/m1/s1. The average Bonchev–Trinajstić information content (AvgIpc) is 2.93. The Bertz CT molecular complexity index is 1080. The first-order valence-electron chi connectivity index (χ1n) is 11.4. The maximum atomic E-state index is 16.0. The van der Waals surface area contributed by atoms with Gasteiger partial charge in [-0.15, -0.1) is 0 Å². The van der Waals surface area contributed by atoms with Crippen molar-refractivity contribution in [3.05, 3.63) is 47.1 Å². The van der Waals surface area contributed by atoms with Gasteiger partial charge in [-0.2, -0.15) is 0 Å². The normalized spacial score (nSPS) is 36.9. The van der Waals surface area contributed by atoms with Crippen molar-refractivity contribution in [1.29, 1.82) is 0 Å². The van der Waals surface area contributed by atoms with Crippen LogP contribution >= 0.6 is 19.3 Å². The van der Waals surface area contributed by atoms with Crippen LogP contribution in [0.3, 0.4) is 0 Å². The maximum absolute atomic E-state index is 16.0. The van der Waals surface area contributed by atoms with Crippen LogP contribution in [0.15, 0.2) is 36.5 Å². The number of benzene rings is 1. The molecule has 14 heteroatoms. The van der Waals surface area contributed by atoms with E-state index in [0.717, 1.165) is 30.4 Å². The smallest absolute Gasteiger partial charge is 0.406 e. The molecule has 0 aromatic heterocycles. The summed E-state index contributed by atoms with van der Waals surface area (Å²) in [6.45, 7) is 2.15. The van der Waals surface area contributed by atoms with Crippen molar-refractivity contribution >= 4 is 31.2 Å². The van der Waals surface area contributed by atoms with Gasteiger partial charge in [0.05, 0.1) is 12.7 Å². The van der Waals surface area contributed by atoms with Gasteiger partial charge in [0.15, 0.2) is 18.0 Å². The molecule has 7 atom stereocenters. The summed E-state index contributed by atoms with van der Waals surface area (Å²) >= 11 is 6.09. The molecule has 2 saturated heterocycles. The molecule has 36 heavy (non-hydrogen) atoms. The summed E-state index contributed by atoms with van der Waals surface area (Å²) in [6, 6.07) is 6.99. The van der Waals surface area contributed by atoms with Crippen LogP contribution in [-0.2, 0) is 32.7 Å². The zero-order valence-electron chi connectivity index (χ0n) is 19.6. The lowest BCUT2D eigenvalue weighted by atomic mass is 9.97. The van der Waals surface area contributed by atoms with E-state index in [1.807, 2.05) is 0 Å². The highest BCUT2D eigenvalue weighted by Crippen LogP contribution is 2.52. The van der Waals surface area contributed by atoms with Crippen LogP contribution in [0.1, 0.15) is 38.4 Å². The maximum Gasteiger partial charge on any atom is 0.406 e. The summed E-state index contributed by atoms with van der Waals surface area (Å²) in [6.07, 6.45) is -2.81. The zero-order valence-corrected chi connectivity index (χ0v) is 21.3. The lowest BCUT2D eigenvalue weighted by Crippen LogP contribution is -2.58. The molecule has 3 aliphatic heterocycles. The molecule has 0 bridgehead atoms. The third kappa shape index (κ3) is 5.91. The van der Waals surface area contributed by atoms with Gasteiger partial charge in [-0.25, -0.2) is 14.0 Å². The molecule has 3 N–H and O–H groups in total. The number of nitrogens with one attached hydrogen (secondary N) is 2. The molecular weight excluding hydrogens is 520 g/mol. The first-order chi connectivity index (χ1) is 17.0. The van der Waals surface area contributed by atoms with Gasteiger partial charge in [-0.1, -0.05) is 23.7 Å². The van der Waals surface area contributed by atoms with Crippen LogP contribution in [0.2, 0.25) is 5.02 Å². The lowest BCUT2D eigenvalue weighted by molar-refractivity contribution is -0.160. The van der Waals surface area contributed by atoms with Crippen molar-refractivity contribution in [2.45, 2.75) is 63.2 Å². The predicted octanol–water partition coefficient (Wildman–Crippen LogP) is 2.51. The van der Waals surface area contributed by atoms with Crippen molar-refractivity contribution in [2.75, 3.05) is 13.2 Å². The number of rotatable bonds is 6. The van der Waals surface area contributed by atoms with Crippen molar-refractivity contribution in [2.24, 2.45) is 0 Å². The molecule has 11 nitrogen and oxygen atoms in total. The monoisotopic (exact) mass is 547 g/mol. The molecule has 3 heterocycles. The van der Waals surface area contributed by atoms with Gasteiger partial charge in [-0.05, 0) is 37.5 Å². The largest absolute Gasteiger partial charge is 0.456 e. The molecule has 3 unspecified atom stereocenters.